The molecular formula is H3Cl3OTi. The summed E-state index contributed by atoms with van der Waals surface area (Å²) in [4.78, 5) is 0. The molecule has 0 aliphatic rings. The molecule has 1 nitrogen and oxygen atoms in total. The van der Waals surface area contributed by atoms with Crippen molar-refractivity contribution in [1.82, 2.24) is 0 Å². The Kier molecular flexibility index (Phi) is 352. The SMILES string of the molecule is Cl.Cl.Cl.[O]=[Ti]. The fourth-order valence-corrected chi connectivity index (χ4v) is 0. The Morgan fingerprint density at radius 2 is 0.800 bits per heavy atom. The Bertz CT molecular complexity index is 6.85. The van der Waals surface area contributed by atoms with E-state index in [0.29, 0.717) is 0 Å². The van der Waals surface area contributed by atoms with Gasteiger partial charge < -0.3 is 0 Å². The van der Waals surface area contributed by atoms with Crippen molar-refractivity contribution < 1.29 is 23.7 Å². The number of rotatable bonds is 0. The van der Waals surface area contributed by atoms with E-state index >= 15 is 0 Å². The molecule has 0 amide bonds. The predicted octanol–water partition coefficient (Wildman–Crippen LogP) is 1.14. The molecule has 0 fully saturated rings. The van der Waals surface area contributed by atoms with Gasteiger partial charge in [-0.25, -0.2) is 0 Å². The molecule has 0 saturated carbocycles. The van der Waals surface area contributed by atoms with Crippen LogP contribution >= 0.6 is 37.2 Å². The van der Waals surface area contributed by atoms with Crippen molar-refractivity contribution >= 4 is 37.2 Å². The summed E-state index contributed by atoms with van der Waals surface area (Å²) in [5, 5.41) is 0. The number of halogens is 3. The molecule has 0 N–H and O–H groups in total. The van der Waals surface area contributed by atoms with Crippen molar-refractivity contribution in [3.63, 3.8) is 0 Å². The molecular weight excluding hydrogens is 170 g/mol. The van der Waals surface area contributed by atoms with Crippen molar-refractivity contribution in [2.45, 2.75) is 0 Å². The molecule has 0 unspecified atom stereocenters. The second-order valence-electron chi connectivity index (χ2n) is 0. The van der Waals surface area contributed by atoms with Gasteiger partial charge in [-0.2, -0.15) is 0 Å². The molecule has 0 aromatic heterocycles. The molecule has 0 aromatic carbocycles. The van der Waals surface area contributed by atoms with Gasteiger partial charge >= 0.3 is 23.7 Å². The van der Waals surface area contributed by atoms with Gasteiger partial charge in [0.25, 0.3) is 0 Å². The summed E-state index contributed by atoms with van der Waals surface area (Å²) >= 11 is 0.750. The third-order valence-corrected chi connectivity index (χ3v) is 0. The third kappa shape index (κ3) is 32.2. The van der Waals surface area contributed by atoms with Crippen LogP contribution < -0.4 is 0 Å². The Morgan fingerprint density at radius 3 is 0.800 bits per heavy atom. The summed E-state index contributed by atoms with van der Waals surface area (Å²) in [7, 11) is 0. The summed E-state index contributed by atoms with van der Waals surface area (Å²) in [5.41, 5.74) is 0. The summed E-state index contributed by atoms with van der Waals surface area (Å²) in [6.45, 7) is 0. The summed E-state index contributed by atoms with van der Waals surface area (Å²) < 4.78 is 8.25. The van der Waals surface area contributed by atoms with Crippen molar-refractivity contribution in [2.24, 2.45) is 0 Å². The fraction of sp³-hybridized carbons (Fsp3) is 0. The first-order valence-electron chi connectivity index (χ1n) is 0.204. The molecule has 0 radical (unpaired) electrons. The minimum atomic E-state index is 0. The third-order valence-electron chi connectivity index (χ3n) is 0. The van der Waals surface area contributed by atoms with Gasteiger partial charge in [0.05, 0.1) is 0 Å². The second kappa shape index (κ2) is 54.0. The maximum absolute atomic E-state index is 8.25. The van der Waals surface area contributed by atoms with Crippen LogP contribution in [0.2, 0.25) is 0 Å². The molecule has 0 aliphatic carbocycles. The summed E-state index contributed by atoms with van der Waals surface area (Å²) in [5.74, 6) is 0. The van der Waals surface area contributed by atoms with Crippen LogP contribution in [0.25, 0.3) is 0 Å². The molecule has 0 saturated heterocycles. The van der Waals surface area contributed by atoms with E-state index in [2.05, 4.69) is 0 Å². The van der Waals surface area contributed by atoms with Crippen molar-refractivity contribution in [2.75, 3.05) is 0 Å². The Hall–Kier alpha value is 1.38. The Balaban J connectivity index is -0.00000000167. The zero-order valence-electron chi connectivity index (χ0n) is 2.13. The quantitative estimate of drug-likeness (QED) is 0.502. The first-order valence-corrected chi connectivity index (χ1v) is 0.842. The standard InChI is InChI=1S/3ClH.O.Ti/h3*1H;;. The first-order chi connectivity index (χ1) is 1.00. The predicted molar refractivity (Wildman–Crippen MR) is 22.4 cm³/mol. The van der Waals surface area contributed by atoms with E-state index < -0.39 is 0 Å². The van der Waals surface area contributed by atoms with Gasteiger partial charge in [0.1, 0.15) is 0 Å². The molecule has 0 atom stereocenters. The maximum atomic E-state index is 8.25. The molecule has 0 spiro atoms. The van der Waals surface area contributed by atoms with Gasteiger partial charge in [0, 0.05) is 0 Å². The van der Waals surface area contributed by atoms with Crippen LogP contribution in [0.1, 0.15) is 0 Å². The molecule has 5 heteroatoms. The van der Waals surface area contributed by atoms with Crippen LogP contribution in [0.5, 0.6) is 0 Å². The van der Waals surface area contributed by atoms with E-state index in [4.69, 9.17) is 3.32 Å². The normalized spacial score (nSPS) is 0.600. The zero-order valence-corrected chi connectivity index (χ0v) is 6.14. The van der Waals surface area contributed by atoms with Gasteiger partial charge in [-0.05, 0) is 0 Å². The topological polar surface area (TPSA) is 17.1 Å². The van der Waals surface area contributed by atoms with Gasteiger partial charge in [0.2, 0.25) is 0 Å². The monoisotopic (exact) mass is 172 g/mol. The van der Waals surface area contributed by atoms with Crippen LogP contribution in [0.15, 0.2) is 0 Å². The van der Waals surface area contributed by atoms with E-state index in [1.807, 2.05) is 0 Å². The van der Waals surface area contributed by atoms with Gasteiger partial charge in [0.15, 0.2) is 0 Å². The van der Waals surface area contributed by atoms with E-state index in [0.717, 1.165) is 20.4 Å². The van der Waals surface area contributed by atoms with Gasteiger partial charge in [-0.1, -0.05) is 0 Å². The van der Waals surface area contributed by atoms with Crippen LogP contribution in [-0.2, 0) is 23.7 Å². The average molecular weight is 173 g/mol. The molecule has 34 valence electrons. The van der Waals surface area contributed by atoms with Crippen molar-refractivity contribution in [3.05, 3.63) is 0 Å². The van der Waals surface area contributed by atoms with Crippen LogP contribution in [0.3, 0.4) is 0 Å². The van der Waals surface area contributed by atoms with Gasteiger partial charge in [-0.15, -0.1) is 37.2 Å². The number of hydrogen-bond acceptors (Lipinski definition) is 1. The van der Waals surface area contributed by atoms with E-state index in [9.17, 15) is 0 Å². The molecule has 0 aliphatic heterocycles. The van der Waals surface area contributed by atoms with E-state index in [1.165, 1.54) is 0 Å². The fourth-order valence-electron chi connectivity index (χ4n) is 0. The Morgan fingerprint density at radius 1 is 0.800 bits per heavy atom. The molecule has 0 rings (SSSR count). The van der Waals surface area contributed by atoms with E-state index in [-0.39, 0.29) is 37.2 Å². The van der Waals surface area contributed by atoms with Crippen LogP contribution in [0, 0.1) is 0 Å². The van der Waals surface area contributed by atoms with Crippen molar-refractivity contribution in [3.8, 4) is 0 Å². The zero-order chi connectivity index (χ0) is 2.00. The van der Waals surface area contributed by atoms with Crippen LogP contribution in [0.4, 0.5) is 0 Å². The second-order valence-corrected chi connectivity index (χ2v) is 0. The van der Waals surface area contributed by atoms with Crippen molar-refractivity contribution in [1.29, 1.82) is 0 Å². The molecule has 0 bridgehead atoms. The Labute approximate surface area is 60.8 Å². The number of hydrogen-bond donors (Lipinski definition) is 0. The average Bonchev–Trinajstić information content (AvgIpc) is 1.00. The van der Waals surface area contributed by atoms with Gasteiger partial charge in [-0.3, -0.25) is 0 Å². The summed E-state index contributed by atoms with van der Waals surface area (Å²) in [6.07, 6.45) is 0. The molecule has 0 aromatic rings. The molecule has 0 heterocycles. The van der Waals surface area contributed by atoms with E-state index in [1.54, 1.807) is 0 Å². The first kappa shape index (κ1) is 32.6. The minimum absolute atomic E-state index is 0. The summed E-state index contributed by atoms with van der Waals surface area (Å²) in [6, 6.07) is 0. The van der Waals surface area contributed by atoms with Crippen LogP contribution in [-0.4, -0.2) is 0 Å². The molecule has 5 heavy (non-hydrogen) atoms.